The highest BCUT2D eigenvalue weighted by molar-refractivity contribution is 14.1. The molecule has 1 aromatic rings. The van der Waals surface area contributed by atoms with E-state index in [2.05, 4.69) is 72.9 Å². The minimum atomic E-state index is 0.524. The van der Waals surface area contributed by atoms with Gasteiger partial charge in [0.1, 0.15) is 0 Å². The van der Waals surface area contributed by atoms with Crippen LogP contribution in [-0.4, -0.2) is 13.1 Å². The van der Waals surface area contributed by atoms with Crippen LogP contribution >= 0.6 is 22.6 Å². The Labute approximate surface area is 138 Å². The molecule has 0 radical (unpaired) electrons. The fourth-order valence-corrected chi connectivity index (χ4v) is 3.91. The smallest absolute Gasteiger partial charge is 0.0130 e. The first-order chi connectivity index (χ1) is 9.50. The van der Waals surface area contributed by atoms with Crippen molar-refractivity contribution in [2.45, 2.75) is 46.5 Å². The predicted molar refractivity (Wildman–Crippen MR) is 96.0 cm³/mol. The van der Waals surface area contributed by atoms with Gasteiger partial charge < -0.3 is 5.32 Å². The van der Waals surface area contributed by atoms with Crippen molar-refractivity contribution in [2.75, 3.05) is 13.1 Å². The van der Waals surface area contributed by atoms with Crippen LogP contribution in [-0.2, 0) is 6.42 Å². The summed E-state index contributed by atoms with van der Waals surface area (Å²) in [6.45, 7) is 9.38. The van der Waals surface area contributed by atoms with E-state index >= 15 is 0 Å². The maximum atomic E-state index is 3.57. The van der Waals surface area contributed by atoms with Crippen LogP contribution in [0.25, 0.3) is 0 Å². The topological polar surface area (TPSA) is 12.0 Å². The zero-order valence-corrected chi connectivity index (χ0v) is 15.2. The molecule has 0 spiro atoms. The Morgan fingerprint density at radius 3 is 2.55 bits per heavy atom. The fourth-order valence-electron chi connectivity index (χ4n) is 3.55. The van der Waals surface area contributed by atoms with Crippen LogP contribution in [0.3, 0.4) is 0 Å². The van der Waals surface area contributed by atoms with E-state index in [1.807, 2.05) is 0 Å². The molecule has 0 amide bonds. The molecule has 20 heavy (non-hydrogen) atoms. The van der Waals surface area contributed by atoms with Gasteiger partial charge in [0, 0.05) is 3.57 Å². The third-order valence-corrected chi connectivity index (χ3v) is 5.46. The Morgan fingerprint density at radius 2 is 1.90 bits per heavy atom. The number of hydrogen-bond donors (Lipinski definition) is 1. The summed E-state index contributed by atoms with van der Waals surface area (Å²) in [4.78, 5) is 0. The van der Waals surface area contributed by atoms with Gasteiger partial charge in [0.25, 0.3) is 0 Å². The van der Waals surface area contributed by atoms with Crippen molar-refractivity contribution >= 4 is 22.6 Å². The highest BCUT2D eigenvalue weighted by atomic mass is 127. The third kappa shape index (κ3) is 4.73. The van der Waals surface area contributed by atoms with Gasteiger partial charge in [0.05, 0.1) is 0 Å². The minimum absolute atomic E-state index is 0.524. The Kier molecular flexibility index (Phi) is 5.91. The lowest BCUT2D eigenvalue weighted by molar-refractivity contribution is 0.116. The molecule has 1 aliphatic carbocycles. The van der Waals surface area contributed by atoms with Gasteiger partial charge in [0.15, 0.2) is 0 Å². The lowest BCUT2D eigenvalue weighted by Crippen LogP contribution is -2.37. The molecule has 2 rings (SSSR count). The molecule has 1 fully saturated rings. The second-order valence-electron chi connectivity index (χ2n) is 7.07. The van der Waals surface area contributed by atoms with Gasteiger partial charge in [-0.25, -0.2) is 0 Å². The van der Waals surface area contributed by atoms with E-state index in [0.29, 0.717) is 5.41 Å². The van der Waals surface area contributed by atoms with Crippen LogP contribution < -0.4 is 5.32 Å². The molecule has 1 saturated carbocycles. The zero-order chi connectivity index (χ0) is 14.6. The molecule has 1 aliphatic rings. The van der Waals surface area contributed by atoms with Gasteiger partial charge in [-0.05, 0) is 96.3 Å². The predicted octanol–water partition coefficient (Wildman–Crippen LogP) is 4.89. The molecular formula is C18H28IN. The van der Waals surface area contributed by atoms with Crippen molar-refractivity contribution in [1.82, 2.24) is 5.32 Å². The van der Waals surface area contributed by atoms with E-state index in [1.165, 1.54) is 41.4 Å². The molecule has 0 aliphatic heterocycles. The summed E-state index contributed by atoms with van der Waals surface area (Å²) in [5.41, 5.74) is 2.03. The summed E-state index contributed by atoms with van der Waals surface area (Å²) >= 11 is 2.39. The number of hydrogen-bond acceptors (Lipinski definition) is 1. The monoisotopic (exact) mass is 385 g/mol. The molecule has 0 aromatic heterocycles. The Bertz CT molecular complexity index is 410. The van der Waals surface area contributed by atoms with E-state index in [-0.39, 0.29) is 0 Å². The first-order valence-electron chi connectivity index (χ1n) is 7.95. The summed E-state index contributed by atoms with van der Waals surface area (Å²) in [6.07, 6.45) is 5.38. The van der Waals surface area contributed by atoms with Gasteiger partial charge in [-0.2, -0.15) is 0 Å². The second kappa shape index (κ2) is 7.26. The first-order valence-corrected chi connectivity index (χ1v) is 9.03. The maximum absolute atomic E-state index is 3.57. The average Bonchev–Trinajstić information content (AvgIpc) is 2.40. The largest absolute Gasteiger partial charge is 0.317 e. The SMILES string of the molecule is CCNCC1CCC(C)(C)CC1Cc1ccc(I)cc1. The van der Waals surface area contributed by atoms with Crippen LogP contribution in [0.4, 0.5) is 0 Å². The Morgan fingerprint density at radius 1 is 1.20 bits per heavy atom. The van der Waals surface area contributed by atoms with Crippen LogP contribution in [0.1, 0.15) is 45.6 Å². The van der Waals surface area contributed by atoms with Gasteiger partial charge in [-0.15, -0.1) is 0 Å². The van der Waals surface area contributed by atoms with Crippen LogP contribution in [0.2, 0.25) is 0 Å². The van der Waals surface area contributed by atoms with Gasteiger partial charge >= 0.3 is 0 Å². The van der Waals surface area contributed by atoms with Crippen LogP contribution in [0.15, 0.2) is 24.3 Å². The lowest BCUT2D eigenvalue weighted by Gasteiger charge is -2.41. The summed E-state index contributed by atoms with van der Waals surface area (Å²) in [6, 6.07) is 9.10. The number of benzene rings is 1. The third-order valence-electron chi connectivity index (χ3n) is 4.74. The highest BCUT2D eigenvalue weighted by Crippen LogP contribution is 2.43. The molecule has 0 heterocycles. The Hall–Kier alpha value is -0.0900. The van der Waals surface area contributed by atoms with Crippen LogP contribution in [0.5, 0.6) is 0 Å². The van der Waals surface area contributed by atoms with Crippen LogP contribution in [0, 0.1) is 20.8 Å². The maximum Gasteiger partial charge on any atom is 0.0130 e. The van der Waals surface area contributed by atoms with E-state index < -0.39 is 0 Å². The molecule has 1 aromatic carbocycles. The van der Waals surface area contributed by atoms with Crippen molar-refractivity contribution in [3.05, 3.63) is 33.4 Å². The lowest BCUT2D eigenvalue weighted by atomic mass is 9.65. The van der Waals surface area contributed by atoms with Crippen molar-refractivity contribution in [2.24, 2.45) is 17.3 Å². The molecule has 2 unspecified atom stereocenters. The highest BCUT2D eigenvalue weighted by Gasteiger charge is 2.34. The van der Waals surface area contributed by atoms with Crippen molar-refractivity contribution in [1.29, 1.82) is 0 Å². The number of halogens is 1. The molecule has 2 heteroatoms. The molecule has 2 atom stereocenters. The summed E-state index contributed by atoms with van der Waals surface area (Å²) in [7, 11) is 0. The molecule has 1 nitrogen and oxygen atoms in total. The average molecular weight is 385 g/mol. The van der Waals surface area contributed by atoms with Crippen molar-refractivity contribution in [3.63, 3.8) is 0 Å². The number of nitrogens with one attached hydrogen (secondary N) is 1. The molecular weight excluding hydrogens is 357 g/mol. The summed E-state index contributed by atoms with van der Waals surface area (Å²) < 4.78 is 1.33. The zero-order valence-electron chi connectivity index (χ0n) is 13.1. The van der Waals surface area contributed by atoms with Gasteiger partial charge in [-0.3, -0.25) is 0 Å². The standard InChI is InChI=1S/C18H28IN/c1-4-20-13-15-9-10-18(2,3)12-16(15)11-14-5-7-17(19)8-6-14/h5-8,15-16,20H,4,9-13H2,1-3H3. The van der Waals surface area contributed by atoms with Crippen molar-refractivity contribution < 1.29 is 0 Å². The first kappa shape index (κ1) is 16.3. The minimum Gasteiger partial charge on any atom is -0.317 e. The number of rotatable bonds is 5. The van der Waals surface area contributed by atoms with E-state index in [4.69, 9.17) is 0 Å². The molecule has 0 bridgehead atoms. The van der Waals surface area contributed by atoms with E-state index in [1.54, 1.807) is 0 Å². The molecule has 1 N–H and O–H groups in total. The summed E-state index contributed by atoms with van der Waals surface area (Å²) in [5.74, 6) is 1.68. The summed E-state index contributed by atoms with van der Waals surface area (Å²) in [5, 5.41) is 3.57. The molecule has 112 valence electrons. The Balaban J connectivity index is 2.04. The van der Waals surface area contributed by atoms with Gasteiger partial charge in [-0.1, -0.05) is 32.9 Å². The fraction of sp³-hybridized carbons (Fsp3) is 0.667. The van der Waals surface area contributed by atoms with Crippen molar-refractivity contribution in [3.8, 4) is 0 Å². The quantitative estimate of drug-likeness (QED) is 0.712. The normalized spacial score (nSPS) is 25.6. The van der Waals surface area contributed by atoms with Gasteiger partial charge in [0.2, 0.25) is 0 Å². The second-order valence-corrected chi connectivity index (χ2v) is 8.31. The van der Waals surface area contributed by atoms with E-state index in [9.17, 15) is 0 Å². The molecule has 0 saturated heterocycles. The van der Waals surface area contributed by atoms with E-state index in [0.717, 1.165) is 18.4 Å².